The van der Waals surface area contributed by atoms with E-state index in [0.29, 0.717) is 12.1 Å². The zero-order valence-corrected chi connectivity index (χ0v) is 4.88. The number of rotatable bonds is 0. The van der Waals surface area contributed by atoms with Crippen LogP contribution in [0.5, 0.6) is 0 Å². The van der Waals surface area contributed by atoms with Crippen LogP contribution in [0.2, 0.25) is 0 Å². The van der Waals surface area contributed by atoms with Crippen LogP contribution in [0.1, 0.15) is 12.8 Å². The summed E-state index contributed by atoms with van der Waals surface area (Å²) < 4.78 is 0. The van der Waals surface area contributed by atoms with E-state index in [9.17, 15) is 0 Å². The molecule has 8 heavy (non-hydrogen) atoms. The van der Waals surface area contributed by atoms with Crippen molar-refractivity contribution in [3.05, 3.63) is 0 Å². The summed E-state index contributed by atoms with van der Waals surface area (Å²) >= 11 is 0. The van der Waals surface area contributed by atoms with E-state index in [1.165, 1.54) is 12.8 Å². The lowest BCUT2D eigenvalue weighted by atomic mass is 10.1. The molecule has 0 aromatic carbocycles. The topological polar surface area (TPSA) is 52.0 Å². The highest BCUT2D eigenvalue weighted by Gasteiger charge is 2.50. The Kier molecular flexibility index (Phi) is 0.746. The van der Waals surface area contributed by atoms with Gasteiger partial charge < -0.3 is 11.5 Å². The smallest absolute Gasteiger partial charge is 0.0223 e. The van der Waals surface area contributed by atoms with Crippen molar-refractivity contribution in [1.29, 1.82) is 0 Å². The molecular formula is C6H12N2. The first kappa shape index (κ1) is 4.77. The van der Waals surface area contributed by atoms with Crippen LogP contribution in [-0.2, 0) is 0 Å². The average Bonchev–Trinajstić information content (AvgIpc) is 2.39. The predicted molar refractivity (Wildman–Crippen MR) is 32.2 cm³/mol. The molecule has 2 rings (SSSR count). The zero-order chi connectivity index (χ0) is 5.72. The molecule has 2 aliphatic carbocycles. The third kappa shape index (κ3) is 0.446. The van der Waals surface area contributed by atoms with Gasteiger partial charge in [-0.1, -0.05) is 0 Å². The number of fused-ring (bicyclic) bond motifs is 1. The van der Waals surface area contributed by atoms with Gasteiger partial charge in [0.05, 0.1) is 0 Å². The lowest BCUT2D eigenvalue weighted by Gasteiger charge is -2.11. The molecule has 0 unspecified atom stereocenters. The van der Waals surface area contributed by atoms with Gasteiger partial charge in [-0.2, -0.15) is 0 Å². The Morgan fingerprint density at radius 2 is 1.88 bits per heavy atom. The van der Waals surface area contributed by atoms with E-state index in [2.05, 4.69) is 0 Å². The van der Waals surface area contributed by atoms with Crippen LogP contribution in [0.3, 0.4) is 0 Å². The molecule has 0 aromatic rings. The summed E-state index contributed by atoms with van der Waals surface area (Å²) in [6.07, 6.45) is 2.54. The molecule has 2 aliphatic rings. The fourth-order valence-electron chi connectivity index (χ4n) is 1.84. The monoisotopic (exact) mass is 112 g/mol. The van der Waals surface area contributed by atoms with Gasteiger partial charge in [-0.3, -0.25) is 0 Å². The van der Waals surface area contributed by atoms with Crippen LogP contribution in [-0.4, -0.2) is 12.1 Å². The first-order valence-corrected chi connectivity index (χ1v) is 3.30. The molecule has 0 spiro atoms. The Hall–Kier alpha value is -0.0800. The number of hydrogen-bond acceptors (Lipinski definition) is 2. The number of hydrogen-bond donors (Lipinski definition) is 2. The second kappa shape index (κ2) is 1.25. The first-order chi connectivity index (χ1) is 3.79. The molecule has 0 aromatic heterocycles. The molecule has 0 bridgehead atoms. The molecular weight excluding hydrogens is 100 g/mol. The van der Waals surface area contributed by atoms with Crippen molar-refractivity contribution in [2.75, 3.05) is 0 Å². The van der Waals surface area contributed by atoms with Crippen molar-refractivity contribution < 1.29 is 0 Å². The lowest BCUT2D eigenvalue weighted by molar-refractivity contribution is 0.529. The first-order valence-electron chi connectivity index (χ1n) is 3.30. The molecule has 4 N–H and O–H groups in total. The summed E-state index contributed by atoms with van der Waals surface area (Å²) in [5, 5.41) is 0. The molecule has 0 radical (unpaired) electrons. The maximum atomic E-state index is 5.74. The fourth-order valence-corrected chi connectivity index (χ4v) is 1.84. The van der Waals surface area contributed by atoms with Crippen LogP contribution in [0.15, 0.2) is 0 Å². The van der Waals surface area contributed by atoms with Crippen molar-refractivity contribution in [1.82, 2.24) is 0 Å². The van der Waals surface area contributed by atoms with E-state index < -0.39 is 0 Å². The van der Waals surface area contributed by atoms with Gasteiger partial charge in [-0.05, 0) is 24.7 Å². The molecule has 0 amide bonds. The van der Waals surface area contributed by atoms with E-state index in [1.54, 1.807) is 0 Å². The molecule has 0 saturated heterocycles. The van der Waals surface area contributed by atoms with Gasteiger partial charge in [0.1, 0.15) is 0 Å². The third-order valence-corrected chi connectivity index (χ3v) is 2.54. The molecule has 46 valence electrons. The van der Waals surface area contributed by atoms with Crippen molar-refractivity contribution in [2.24, 2.45) is 23.3 Å². The largest absolute Gasteiger partial charge is 0.326 e. The molecule has 2 heteroatoms. The van der Waals surface area contributed by atoms with E-state index >= 15 is 0 Å². The Balaban J connectivity index is 2.08. The zero-order valence-electron chi connectivity index (χ0n) is 4.88. The van der Waals surface area contributed by atoms with Gasteiger partial charge in [0.15, 0.2) is 0 Å². The summed E-state index contributed by atoms with van der Waals surface area (Å²) in [6.45, 7) is 0. The molecule has 0 heterocycles. The van der Waals surface area contributed by atoms with E-state index in [1.807, 2.05) is 0 Å². The summed E-state index contributed by atoms with van der Waals surface area (Å²) in [4.78, 5) is 0. The Morgan fingerprint density at radius 3 is 2.12 bits per heavy atom. The minimum atomic E-state index is 0.318. The van der Waals surface area contributed by atoms with Crippen LogP contribution in [0.4, 0.5) is 0 Å². The van der Waals surface area contributed by atoms with E-state index in [0.717, 1.165) is 11.8 Å². The Bertz CT molecular complexity index is 111. The van der Waals surface area contributed by atoms with Gasteiger partial charge in [-0.25, -0.2) is 0 Å². The van der Waals surface area contributed by atoms with Crippen molar-refractivity contribution in [3.8, 4) is 0 Å². The number of nitrogens with two attached hydrogens (primary N) is 2. The molecule has 4 atom stereocenters. The van der Waals surface area contributed by atoms with Gasteiger partial charge in [0, 0.05) is 12.1 Å². The van der Waals surface area contributed by atoms with Crippen molar-refractivity contribution >= 4 is 0 Å². The normalized spacial score (nSPS) is 60.8. The van der Waals surface area contributed by atoms with Gasteiger partial charge in [-0.15, -0.1) is 0 Å². The van der Waals surface area contributed by atoms with Gasteiger partial charge >= 0.3 is 0 Å². The van der Waals surface area contributed by atoms with E-state index in [-0.39, 0.29) is 0 Å². The lowest BCUT2D eigenvalue weighted by Crippen LogP contribution is -2.39. The average molecular weight is 112 g/mol. The van der Waals surface area contributed by atoms with Crippen LogP contribution < -0.4 is 11.5 Å². The van der Waals surface area contributed by atoms with Crippen molar-refractivity contribution in [3.63, 3.8) is 0 Å². The molecule has 2 fully saturated rings. The van der Waals surface area contributed by atoms with Crippen LogP contribution in [0, 0.1) is 11.8 Å². The molecule has 0 aliphatic heterocycles. The molecule has 2 nitrogen and oxygen atoms in total. The standard InChI is InChI=1S/C6H12N2/c7-5-2-3-1-4(3)6(5)8/h3-6H,1-2,7-8H2/t3-,4-,5-,6+/m1/s1. The third-order valence-electron chi connectivity index (χ3n) is 2.54. The SMILES string of the molecule is N[C@H]1[C@@H]2C[C@@H]2C[C@H]1N. The molecule has 2 saturated carbocycles. The van der Waals surface area contributed by atoms with E-state index in [4.69, 9.17) is 11.5 Å². The highest BCUT2D eigenvalue weighted by molar-refractivity contribution is 5.06. The minimum absolute atomic E-state index is 0.318. The van der Waals surface area contributed by atoms with Crippen molar-refractivity contribution in [2.45, 2.75) is 24.9 Å². The van der Waals surface area contributed by atoms with Crippen LogP contribution in [0.25, 0.3) is 0 Å². The quantitative estimate of drug-likeness (QED) is 0.451. The minimum Gasteiger partial charge on any atom is -0.326 e. The van der Waals surface area contributed by atoms with Gasteiger partial charge in [0.2, 0.25) is 0 Å². The predicted octanol–water partition coefficient (Wildman–Crippen LogP) is -0.319. The second-order valence-corrected chi connectivity index (χ2v) is 3.14. The maximum Gasteiger partial charge on any atom is 0.0223 e. The highest BCUT2D eigenvalue weighted by Crippen LogP contribution is 2.50. The summed E-state index contributed by atoms with van der Waals surface area (Å²) in [7, 11) is 0. The Labute approximate surface area is 49.2 Å². The summed E-state index contributed by atoms with van der Waals surface area (Å²) in [5.41, 5.74) is 11.4. The maximum absolute atomic E-state index is 5.74. The highest BCUT2D eigenvalue weighted by atomic mass is 14.9. The Morgan fingerprint density at radius 1 is 1.12 bits per heavy atom. The summed E-state index contributed by atoms with van der Waals surface area (Å²) in [6, 6.07) is 0.652. The van der Waals surface area contributed by atoms with Gasteiger partial charge in [0.25, 0.3) is 0 Å². The van der Waals surface area contributed by atoms with Crippen LogP contribution >= 0.6 is 0 Å². The second-order valence-electron chi connectivity index (χ2n) is 3.14. The fraction of sp³-hybridized carbons (Fsp3) is 1.00. The summed E-state index contributed by atoms with van der Waals surface area (Å²) in [5.74, 6) is 1.73.